The standard InChI is InChI=1S/C26H25F3N4O4/c1-15-3-5-17(30-24(35)20-13-22(26(27,28)29)32-33(20)2)12-18(15)16-4-6-19-21(11-16)37-25(14-23(34)31-19)7-9-36-10-8-25/h3-6,11-13H,7-10,14H2,1-2H3,(H,30,35)(H,31,34). The monoisotopic (exact) mass is 514 g/mol. The molecule has 37 heavy (non-hydrogen) atoms. The Morgan fingerprint density at radius 2 is 1.89 bits per heavy atom. The van der Waals surface area contributed by atoms with Crippen LogP contribution in [0.2, 0.25) is 0 Å². The van der Waals surface area contributed by atoms with Crippen LogP contribution in [-0.2, 0) is 22.8 Å². The van der Waals surface area contributed by atoms with Gasteiger partial charge in [0.2, 0.25) is 5.91 Å². The van der Waals surface area contributed by atoms with Crippen LogP contribution in [0, 0.1) is 6.92 Å². The van der Waals surface area contributed by atoms with Crippen LogP contribution in [0.1, 0.15) is 41.0 Å². The molecule has 194 valence electrons. The van der Waals surface area contributed by atoms with Crippen molar-refractivity contribution in [2.75, 3.05) is 23.8 Å². The summed E-state index contributed by atoms with van der Waals surface area (Å²) in [6.07, 6.45) is -3.20. The molecule has 5 rings (SSSR count). The van der Waals surface area contributed by atoms with Gasteiger partial charge in [0.05, 0.1) is 25.3 Å². The number of aromatic nitrogens is 2. The largest absolute Gasteiger partial charge is 0.484 e. The molecule has 1 saturated heterocycles. The minimum Gasteiger partial charge on any atom is -0.484 e. The van der Waals surface area contributed by atoms with E-state index < -0.39 is 23.4 Å². The van der Waals surface area contributed by atoms with Gasteiger partial charge >= 0.3 is 6.18 Å². The van der Waals surface area contributed by atoms with E-state index in [9.17, 15) is 22.8 Å². The van der Waals surface area contributed by atoms with Gasteiger partial charge < -0.3 is 20.1 Å². The molecule has 3 aromatic rings. The van der Waals surface area contributed by atoms with E-state index in [0.717, 1.165) is 21.4 Å². The molecule has 11 heteroatoms. The van der Waals surface area contributed by atoms with Gasteiger partial charge in [-0.25, -0.2) is 0 Å². The first-order valence-electron chi connectivity index (χ1n) is 11.8. The number of carbonyl (C=O) groups excluding carboxylic acids is 2. The highest BCUT2D eigenvalue weighted by atomic mass is 19.4. The van der Waals surface area contributed by atoms with Crippen molar-refractivity contribution in [3.8, 4) is 16.9 Å². The Bertz CT molecular complexity index is 1380. The smallest absolute Gasteiger partial charge is 0.435 e. The Labute approximate surface area is 210 Å². The number of fused-ring (bicyclic) bond motifs is 1. The third kappa shape index (κ3) is 5.04. The predicted molar refractivity (Wildman–Crippen MR) is 129 cm³/mol. The van der Waals surface area contributed by atoms with Crippen molar-refractivity contribution in [1.29, 1.82) is 0 Å². The van der Waals surface area contributed by atoms with Crippen LogP contribution in [0.25, 0.3) is 11.1 Å². The van der Waals surface area contributed by atoms with Gasteiger partial charge in [0.25, 0.3) is 5.91 Å². The van der Waals surface area contributed by atoms with Crippen LogP contribution >= 0.6 is 0 Å². The molecule has 0 atom stereocenters. The Hall–Kier alpha value is -3.86. The number of nitrogens with zero attached hydrogens (tertiary/aromatic N) is 2. The molecular weight excluding hydrogens is 489 g/mol. The molecule has 0 saturated carbocycles. The quantitative estimate of drug-likeness (QED) is 0.517. The van der Waals surface area contributed by atoms with Crippen LogP contribution in [0.15, 0.2) is 42.5 Å². The molecule has 2 N–H and O–H groups in total. The third-order valence-corrected chi connectivity index (χ3v) is 6.68. The van der Waals surface area contributed by atoms with Gasteiger partial charge in [-0.3, -0.25) is 14.3 Å². The molecule has 0 unspecified atom stereocenters. The van der Waals surface area contributed by atoms with Crippen LogP contribution in [0.3, 0.4) is 0 Å². The summed E-state index contributed by atoms with van der Waals surface area (Å²) < 4.78 is 51.8. The summed E-state index contributed by atoms with van der Waals surface area (Å²) in [6, 6.07) is 11.4. The zero-order valence-corrected chi connectivity index (χ0v) is 20.2. The van der Waals surface area contributed by atoms with Gasteiger partial charge in [0, 0.05) is 31.6 Å². The highest BCUT2D eigenvalue weighted by Gasteiger charge is 2.40. The highest BCUT2D eigenvalue weighted by molar-refractivity contribution is 6.03. The zero-order valence-electron chi connectivity index (χ0n) is 20.2. The fourth-order valence-electron chi connectivity index (χ4n) is 4.68. The number of hydrogen-bond acceptors (Lipinski definition) is 5. The summed E-state index contributed by atoms with van der Waals surface area (Å²) in [7, 11) is 1.28. The zero-order chi connectivity index (χ0) is 26.4. The molecule has 0 aliphatic carbocycles. The summed E-state index contributed by atoms with van der Waals surface area (Å²) in [6.45, 7) is 2.94. The fraction of sp³-hybridized carbons (Fsp3) is 0.346. The number of ether oxygens (including phenoxy) is 2. The normalized spacial score (nSPS) is 16.9. The van der Waals surface area contributed by atoms with Crippen LogP contribution in [0.5, 0.6) is 5.75 Å². The van der Waals surface area contributed by atoms with Crippen molar-refractivity contribution in [3.05, 3.63) is 59.4 Å². The Kier molecular flexibility index (Phi) is 6.18. The number of halogens is 3. The van der Waals surface area contributed by atoms with E-state index in [1.165, 1.54) is 7.05 Å². The van der Waals surface area contributed by atoms with E-state index in [-0.39, 0.29) is 18.0 Å². The highest BCUT2D eigenvalue weighted by Crippen LogP contribution is 2.41. The molecule has 1 aromatic heterocycles. The Morgan fingerprint density at radius 1 is 1.14 bits per heavy atom. The number of nitrogens with one attached hydrogen (secondary N) is 2. The van der Waals surface area contributed by atoms with Gasteiger partial charge in [-0.1, -0.05) is 12.1 Å². The van der Waals surface area contributed by atoms with E-state index in [0.29, 0.717) is 49.2 Å². The van der Waals surface area contributed by atoms with Crippen molar-refractivity contribution < 1.29 is 32.2 Å². The Morgan fingerprint density at radius 3 is 2.59 bits per heavy atom. The van der Waals surface area contributed by atoms with Crippen LogP contribution in [-0.4, -0.2) is 40.4 Å². The lowest BCUT2D eigenvalue weighted by Gasteiger charge is -2.35. The number of anilines is 2. The van der Waals surface area contributed by atoms with Crippen molar-refractivity contribution in [2.45, 2.75) is 38.0 Å². The van der Waals surface area contributed by atoms with Crippen molar-refractivity contribution in [2.24, 2.45) is 7.05 Å². The molecule has 0 radical (unpaired) electrons. The van der Waals surface area contributed by atoms with Crippen molar-refractivity contribution >= 4 is 23.2 Å². The molecule has 2 amide bonds. The van der Waals surface area contributed by atoms with E-state index >= 15 is 0 Å². The molecule has 8 nitrogen and oxygen atoms in total. The third-order valence-electron chi connectivity index (χ3n) is 6.68. The number of amides is 2. The minimum absolute atomic E-state index is 0.113. The summed E-state index contributed by atoms with van der Waals surface area (Å²) >= 11 is 0. The molecule has 2 aliphatic heterocycles. The maximum Gasteiger partial charge on any atom is 0.435 e. The fourth-order valence-corrected chi connectivity index (χ4v) is 4.68. The number of aryl methyl sites for hydroxylation is 2. The summed E-state index contributed by atoms with van der Waals surface area (Å²) in [5, 5.41) is 8.96. The second-order valence-corrected chi connectivity index (χ2v) is 9.35. The van der Waals surface area contributed by atoms with E-state index in [1.807, 2.05) is 25.1 Å². The number of benzene rings is 2. The van der Waals surface area contributed by atoms with Gasteiger partial charge in [0.1, 0.15) is 17.0 Å². The lowest BCUT2D eigenvalue weighted by atomic mass is 9.90. The van der Waals surface area contributed by atoms with Gasteiger partial charge in [-0.2, -0.15) is 18.3 Å². The SMILES string of the molecule is Cc1ccc(NC(=O)c2cc(C(F)(F)F)nn2C)cc1-c1ccc2c(c1)OC1(CCOCC1)CC(=O)N2. The summed E-state index contributed by atoms with van der Waals surface area (Å²) in [4.78, 5) is 25.3. The molecule has 1 spiro atoms. The van der Waals surface area contributed by atoms with Crippen molar-refractivity contribution in [3.63, 3.8) is 0 Å². The molecule has 3 heterocycles. The second kappa shape index (κ2) is 9.22. The first-order valence-corrected chi connectivity index (χ1v) is 11.8. The topological polar surface area (TPSA) is 94.5 Å². The average molecular weight is 515 g/mol. The van der Waals surface area contributed by atoms with Gasteiger partial charge in [-0.15, -0.1) is 0 Å². The van der Waals surface area contributed by atoms with Crippen LogP contribution in [0.4, 0.5) is 24.5 Å². The lowest BCUT2D eigenvalue weighted by molar-refractivity contribution is -0.141. The predicted octanol–water partition coefficient (Wildman–Crippen LogP) is 4.94. The average Bonchev–Trinajstić information content (AvgIpc) is 3.18. The minimum atomic E-state index is -4.65. The maximum absolute atomic E-state index is 13.0. The molecule has 1 fully saturated rings. The van der Waals surface area contributed by atoms with E-state index in [4.69, 9.17) is 9.47 Å². The molecule has 2 aromatic carbocycles. The van der Waals surface area contributed by atoms with E-state index in [1.54, 1.807) is 18.2 Å². The lowest BCUT2D eigenvalue weighted by Crippen LogP contribution is -2.43. The first-order chi connectivity index (χ1) is 17.5. The molecule has 0 bridgehead atoms. The number of alkyl halides is 3. The van der Waals surface area contributed by atoms with Gasteiger partial charge in [0.15, 0.2) is 5.69 Å². The van der Waals surface area contributed by atoms with Gasteiger partial charge in [-0.05, 0) is 47.9 Å². The number of rotatable bonds is 3. The Balaban J connectivity index is 1.43. The first kappa shape index (κ1) is 24.8. The number of carbonyl (C=O) groups is 2. The van der Waals surface area contributed by atoms with Crippen LogP contribution < -0.4 is 15.4 Å². The van der Waals surface area contributed by atoms with E-state index in [2.05, 4.69) is 15.7 Å². The summed E-state index contributed by atoms with van der Waals surface area (Å²) in [5.74, 6) is -0.276. The maximum atomic E-state index is 13.0. The summed E-state index contributed by atoms with van der Waals surface area (Å²) in [5.41, 5.74) is 1.51. The second-order valence-electron chi connectivity index (χ2n) is 9.35. The molecule has 2 aliphatic rings. The van der Waals surface area contributed by atoms with Crippen molar-refractivity contribution in [1.82, 2.24) is 9.78 Å². The number of hydrogen-bond donors (Lipinski definition) is 2. The molecular formula is C26H25F3N4O4.